The van der Waals surface area contributed by atoms with Crippen LogP contribution in [0.4, 0.5) is 5.69 Å². The summed E-state index contributed by atoms with van der Waals surface area (Å²) < 4.78 is 0. The lowest BCUT2D eigenvalue weighted by Crippen LogP contribution is -2.61. The van der Waals surface area contributed by atoms with E-state index in [0.29, 0.717) is 34.1 Å². The Morgan fingerprint density at radius 1 is 0.604 bits per heavy atom. The van der Waals surface area contributed by atoms with Crippen LogP contribution >= 0.6 is 21.6 Å². The average Bonchev–Trinajstić information content (AvgIpc) is 1.73. The first kappa shape index (κ1) is 80.7. The number of aliphatic imine (C=N–C) groups is 1. The normalized spacial score (nSPS) is 13.7. The number of aromatic hydroxyl groups is 1. The summed E-state index contributed by atoms with van der Waals surface area (Å²) in [6, 6.07) is 0.572. The van der Waals surface area contributed by atoms with Crippen molar-refractivity contribution in [2.24, 2.45) is 33.7 Å². The van der Waals surface area contributed by atoms with Gasteiger partial charge in [0.25, 0.3) is 5.69 Å². The number of carbonyl (C=O) groups excluding carboxylic acids is 10. The number of guanidine groups is 1. The van der Waals surface area contributed by atoms with Crippen molar-refractivity contribution >= 4 is 115 Å². The van der Waals surface area contributed by atoms with Crippen molar-refractivity contribution in [2.75, 3.05) is 32.0 Å². The number of nitrogens with one attached hydrogen (secondary N) is 11. The molecule has 5 aromatic rings. The molecule has 10 amide bonds. The van der Waals surface area contributed by atoms with Gasteiger partial charge in [0.05, 0.1) is 17.9 Å². The van der Waals surface area contributed by atoms with E-state index in [-0.39, 0.29) is 79.8 Å². The molecule has 0 aliphatic carbocycles. The third-order valence-electron chi connectivity index (χ3n) is 15.0. The SMILES string of the molecule is NCCCC[C@H](NC(=O)[C@H](CSSc1ccc([N+](=O)[O-])cn1)NC(=O)[C@H](Cc1cnc[nH]1)NC(=O)[C@H](Cc1c[nH]c2ccccc12)NC(=O)[C@@H](N)CO)C(=O)N[C@@H](CCCN=C(N)N)C(=O)N[C@@H](Cc1ccc(O)cc1)C(=O)N[C@@H](CCC(N)=O)C(=O)N[C@@H](CCC(=O)O)C(=O)NCC(=O)O. The van der Waals surface area contributed by atoms with Crippen LogP contribution in [0.25, 0.3) is 10.9 Å². The quantitative estimate of drug-likeness (QED) is 0.00442. The Kier molecular flexibility index (Phi) is 33.1. The maximum atomic E-state index is 15.0. The monoisotopic (exact) mass is 1450 g/mol. The number of aliphatic hydroxyl groups excluding tert-OH is 1. The zero-order valence-corrected chi connectivity index (χ0v) is 55.9. The molecule has 546 valence electrons. The number of aliphatic hydroxyl groups is 1. The number of carboxylic acids is 2. The first-order valence-electron chi connectivity index (χ1n) is 31.4. The molecule has 0 fully saturated rings. The van der Waals surface area contributed by atoms with Crippen LogP contribution in [0.5, 0.6) is 5.75 Å². The number of benzene rings is 2. The molecule has 2 aromatic carbocycles. The molecule has 3 heterocycles. The van der Waals surface area contributed by atoms with Crippen LogP contribution in [-0.2, 0) is 76.8 Å². The van der Waals surface area contributed by atoms with Crippen molar-refractivity contribution in [3.8, 4) is 5.75 Å². The highest BCUT2D eigenvalue weighted by Crippen LogP contribution is 2.31. The van der Waals surface area contributed by atoms with E-state index in [4.69, 9.17) is 33.8 Å². The lowest BCUT2D eigenvalue weighted by atomic mass is 10.0. The minimum absolute atomic E-state index is 0.0249. The molecule has 0 saturated heterocycles. The number of carbonyl (C=O) groups is 12. The molecular formula is C61H82N20O18S2. The number of imidazole rings is 1. The first-order chi connectivity index (χ1) is 48.1. The van der Waals surface area contributed by atoms with Crippen LogP contribution in [0, 0.1) is 10.1 Å². The number of phenolic OH excluding ortho intramolecular Hbond substituents is 1. The fourth-order valence-corrected chi connectivity index (χ4v) is 11.7. The number of amides is 10. The van der Waals surface area contributed by atoms with Crippen molar-refractivity contribution in [1.82, 2.24) is 67.8 Å². The zero-order chi connectivity index (χ0) is 74.1. The molecule has 9 atom stereocenters. The van der Waals surface area contributed by atoms with Gasteiger partial charge in [-0.3, -0.25) is 72.6 Å². The molecule has 40 heteroatoms. The summed E-state index contributed by atoms with van der Waals surface area (Å²) in [5, 5.41) is 73.2. The van der Waals surface area contributed by atoms with Gasteiger partial charge >= 0.3 is 11.9 Å². The summed E-state index contributed by atoms with van der Waals surface area (Å²) in [4.78, 5) is 193. The smallest absolute Gasteiger partial charge is 0.322 e. The van der Waals surface area contributed by atoms with E-state index in [9.17, 15) is 83.0 Å². The maximum Gasteiger partial charge on any atom is 0.322 e. The number of fused-ring (bicyclic) bond motifs is 1. The molecule has 0 saturated carbocycles. The molecule has 0 aliphatic heterocycles. The second-order valence-corrected chi connectivity index (χ2v) is 25.1. The zero-order valence-electron chi connectivity index (χ0n) is 54.3. The van der Waals surface area contributed by atoms with Crippen LogP contribution in [0.2, 0.25) is 0 Å². The second-order valence-electron chi connectivity index (χ2n) is 22.8. The van der Waals surface area contributed by atoms with Gasteiger partial charge in [-0.2, -0.15) is 0 Å². The fourth-order valence-electron chi connectivity index (χ4n) is 9.69. The van der Waals surface area contributed by atoms with Crippen molar-refractivity contribution in [2.45, 2.75) is 136 Å². The number of para-hydroxylation sites is 1. The summed E-state index contributed by atoms with van der Waals surface area (Å²) >= 11 is 0. The first-order valence-corrected chi connectivity index (χ1v) is 33.7. The highest BCUT2D eigenvalue weighted by Gasteiger charge is 2.36. The predicted octanol–water partition coefficient (Wildman–Crippen LogP) is -3.92. The Morgan fingerprint density at radius 3 is 1.70 bits per heavy atom. The number of pyridine rings is 1. The highest BCUT2D eigenvalue weighted by atomic mass is 33.1. The van der Waals surface area contributed by atoms with Crippen LogP contribution in [-0.4, -0.2) is 209 Å². The number of hydrogen-bond donors (Lipinski definition) is 20. The number of aromatic amines is 2. The van der Waals surface area contributed by atoms with Crippen LogP contribution in [0.1, 0.15) is 74.6 Å². The number of hydrogen-bond acceptors (Lipinski definition) is 23. The molecule has 0 unspecified atom stereocenters. The van der Waals surface area contributed by atoms with E-state index in [1.54, 1.807) is 30.5 Å². The van der Waals surface area contributed by atoms with Gasteiger partial charge in [-0.15, -0.1) is 0 Å². The van der Waals surface area contributed by atoms with E-state index in [1.165, 1.54) is 48.9 Å². The summed E-state index contributed by atoms with van der Waals surface area (Å²) in [5.41, 5.74) is 29.9. The summed E-state index contributed by atoms with van der Waals surface area (Å²) in [6.45, 7) is -1.69. The van der Waals surface area contributed by atoms with Gasteiger partial charge in [0.1, 0.15) is 77.9 Å². The number of aliphatic carboxylic acids is 2. The minimum atomic E-state index is -1.75. The van der Waals surface area contributed by atoms with Gasteiger partial charge in [-0.1, -0.05) is 41.1 Å². The van der Waals surface area contributed by atoms with Gasteiger partial charge in [-0.05, 0) is 97.7 Å². The lowest BCUT2D eigenvalue weighted by molar-refractivity contribution is -0.385. The van der Waals surface area contributed by atoms with Crippen LogP contribution in [0.15, 0.2) is 95.6 Å². The summed E-state index contributed by atoms with van der Waals surface area (Å²) in [6.07, 6.45) is 2.13. The van der Waals surface area contributed by atoms with Crippen LogP contribution in [0.3, 0.4) is 0 Å². The second kappa shape index (κ2) is 41.4. The largest absolute Gasteiger partial charge is 0.508 e. The van der Waals surface area contributed by atoms with E-state index >= 15 is 0 Å². The molecule has 0 radical (unpaired) electrons. The Bertz CT molecular complexity index is 3690. The van der Waals surface area contributed by atoms with E-state index in [2.05, 4.69) is 67.5 Å². The number of nitro groups is 1. The van der Waals surface area contributed by atoms with Crippen molar-refractivity contribution in [3.63, 3.8) is 0 Å². The molecule has 5 rings (SSSR count). The summed E-state index contributed by atoms with van der Waals surface area (Å²) in [5.74, 6) is -13.9. The summed E-state index contributed by atoms with van der Waals surface area (Å²) in [7, 11) is 1.89. The molecule has 101 heavy (non-hydrogen) atoms. The Balaban J connectivity index is 1.49. The van der Waals surface area contributed by atoms with Gasteiger partial charge in [0.2, 0.25) is 59.1 Å². The van der Waals surface area contributed by atoms with Crippen LogP contribution < -0.4 is 76.5 Å². The van der Waals surface area contributed by atoms with Gasteiger partial charge < -0.3 is 107 Å². The maximum absolute atomic E-state index is 15.0. The molecule has 0 spiro atoms. The fraction of sp³-hybridized carbons (Fsp3) is 0.426. The third kappa shape index (κ3) is 28.1. The molecular weight excluding hydrogens is 1360 g/mol. The van der Waals surface area contributed by atoms with E-state index in [0.717, 1.165) is 27.8 Å². The van der Waals surface area contributed by atoms with Crippen molar-refractivity contribution in [1.29, 1.82) is 0 Å². The number of aromatic nitrogens is 4. The van der Waals surface area contributed by atoms with Crippen molar-refractivity contribution in [3.05, 3.63) is 113 Å². The Labute approximate surface area is 583 Å². The predicted molar refractivity (Wildman–Crippen MR) is 365 cm³/mol. The van der Waals surface area contributed by atoms with E-state index < -0.39 is 176 Å². The number of nitrogens with two attached hydrogens (primary N) is 5. The number of phenols is 1. The minimum Gasteiger partial charge on any atom is -0.508 e. The average molecular weight is 1450 g/mol. The third-order valence-corrected chi connectivity index (χ3v) is 17.3. The number of nitrogens with zero attached hydrogens (tertiary/aromatic N) is 4. The molecule has 0 bridgehead atoms. The van der Waals surface area contributed by atoms with Gasteiger partial charge in [0.15, 0.2) is 5.96 Å². The number of H-pyrrole nitrogens is 2. The highest BCUT2D eigenvalue weighted by molar-refractivity contribution is 8.76. The Hall–Kier alpha value is -11.0. The van der Waals surface area contributed by atoms with E-state index in [1.807, 2.05) is 5.32 Å². The lowest BCUT2D eigenvalue weighted by Gasteiger charge is -2.28. The molecule has 25 N–H and O–H groups in total. The number of rotatable bonds is 45. The number of unbranched alkanes of at least 4 members (excludes halogenated alkanes) is 1. The molecule has 0 aliphatic rings. The van der Waals surface area contributed by atoms with Gasteiger partial charge in [-0.25, -0.2) is 9.97 Å². The standard InChI is InChI=1S/C61H82N20O18S2/c62-20-4-3-8-40(54(91)73-41(9-5-21-68-61(65)66)55(92)78-44(22-32-10-13-36(83)14-11-32)57(94)76-43(15-17-48(64)84)56(93)75-42(16-19-50(85)86)53(90)71-28-51(87)88)74-60(97)47(30-100-101-49-18-12-35(27-70-49)81(98)99)80-59(96)46(24-34-26-67-31-72-34)79-58(95)45(77-52(89)38(63)29-82)23-33-25-69-39-7-2-1-6-37(33)39/h1-2,6-7,10-14,18,25-27,31,38,40-47,69,82-83H,3-5,8-9,15-17,19-24,28-30,62-63H2,(H2,64,84)(H,67,72)(H,71,90)(H,73,91)(H,74,97)(H,75,93)(H,76,94)(H,77,89)(H,78,92)(H,79,95)(H,80,96)(H,85,86)(H,87,88)(H4,65,66,68)/t38-,40-,41-,42-,43-,44-,45-,46-,47-/m0/s1. The number of carboxylic acid groups (broad SMARTS) is 2. The topological polar surface area (TPSA) is 637 Å². The van der Waals surface area contributed by atoms with Gasteiger partial charge in [0, 0.05) is 79.5 Å². The van der Waals surface area contributed by atoms with Crippen molar-refractivity contribution < 1.29 is 82.9 Å². The molecule has 3 aromatic heterocycles. The molecule has 38 nitrogen and oxygen atoms in total. The Morgan fingerprint density at radius 2 is 1.15 bits per heavy atom. The number of primary amides is 1.